The Balaban J connectivity index is 0.000000166. The Hall–Kier alpha value is -9.45. The number of anilines is 4. The number of aliphatic hydroxyl groups is 7. The molecule has 4 fully saturated rings. The number of phosphoric acid groups is 1. The van der Waals surface area contributed by atoms with E-state index in [2.05, 4.69) is 85.0 Å². The van der Waals surface area contributed by atoms with Gasteiger partial charge >= 0.3 is 7.82 Å². The number of fused-ring (bicyclic) bond motifs is 4. The van der Waals surface area contributed by atoms with E-state index in [-0.39, 0.29) is 87.0 Å². The summed E-state index contributed by atoms with van der Waals surface area (Å²) in [6.07, 6.45) is -9.74. The predicted molar refractivity (Wildman–Crippen MR) is 293 cm³/mol. The number of nitrogen functional groups attached to an aromatic ring is 4. The molecule has 4 saturated heterocycles. The monoisotopic (exact) mass is 1280 g/mol. The number of nitrogens with zero attached hydrogens (tertiary/aromatic N) is 18. The Morgan fingerprint density at radius 3 is 1.12 bits per heavy atom. The van der Waals surface area contributed by atoms with E-state index in [0.717, 1.165) is 0 Å². The van der Waals surface area contributed by atoms with Crippen LogP contribution in [0.3, 0.4) is 0 Å². The van der Waals surface area contributed by atoms with E-state index in [0.29, 0.717) is 5.69 Å². The smallest absolute Gasteiger partial charge is 0.394 e. The largest absolute Gasteiger partial charge is 0.469 e. The van der Waals surface area contributed by atoms with Gasteiger partial charge in [0.2, 0.25) is 23.8 Å². The van der Waals surface area contributed by atoms with Crippen molar-refractivity contribution in [1.29, 1.82) is 0 Å². The summed E-state index contributed by atoms with van der Waals surface area (Å²) >= 11 is 0. The van der Waals surface area contributed by atoms with Gasteiger partial charge in [0, 0.05) is 25.2 Å². The number of nitrogens with one attached hydrogen (secondary N) is 4. The molecular weight excluding hydrogens is 1230 g/mol. The van der Waals surface area contributed by atoms with Crippen LogP contribution in [0.5, 0.6) is 0 Å². The topological polar surface area (TPSA) is 665 Å². The van der Waals surface area contributed by atoms with E-state index in [9.17, 15) is 69.3 Å². The van der Waals surface area contributed by atoms with Crippen molar-refractivity contribution < 1.29 is 73.6 Å². The number of aromatic amines is 4. The first-order valence-electron chi connectivity index (χ1n) is 26.6. The summed E-state index contributed by atoms with van der Waals surface area (Å²) in [6.45, 7) is -1.19. The molecule has 0 unspecified atom stereocenters. The number of hydrogen-bond donors (Lipinski definition) is 17. The van der Waals surface area contributed by atoms with Crippen molar-refractivity contribution >= 4 is 76.3 Å². The number of aromatic nitrogens is 22. The molecule has 45 nitrogen and oxygen atoms in total. The second-order valence-corrected chi connectivity index (χ2v) is 22.3. The van der Waals surface area contributed by atoms with Crippen molar-refractivity contribution in [3.8, 4) is 0 Å². The molecule has 46 heteroatoms. The van der Waals surface area contributed by atoms with E-state index < -0.39 is 141 Å². The maximum absolute atomic E-state index is 12.3. The minimum atomic E-state index is -4.97. The highest BCUT2D eigenvalue weighted by molar-refractivity contribution is 7.46. The summed E-state index contributed by atoms with van der Waals surface area (Å²) < 4.78 is 47.5. The van der Waals surface area contributed by atoms with Gasteiger partial charge in [-0.1, -0.05) is 10.4 Å². The Labute approximate surface area is 494 Å². The standard InChI is InChI=1S/C22H26N13O11P.C22H25N13O8/c23-21-27-15-9(17(39)29-21)25-4-33(15)19-13(37)11(8(46-19)3-44-47(41,42)43)35-2-6(31-32-35)1-7-12(36)14(38)20(45-7)34-5-26-10-16(34)28-22(24)30-18(10)40;23-21-27-15-9(17(40)29-21)25-4-33(15)19-13(38)11(8(3-36)43-19)35-2-6(31-32-35)1-7-12(37)14(39)20(42-7)34-5-26-10-16(34)28-22(24)30-18(10)41/h2,4-5,7-8,11-14,19-20,36-38H,1,3H2,(H2,41,42,43)(H3,23,27,29,39)(H3,24,28,30,40);2,4-5,7-8,11-14,19-20,36-39H,1,3H2,(H3,23,27,29,40)(H3,24,28,30,41)/t2*7-,8-,11-,12-,13-,14-,19-,20-/m11/s1. The number of ether oxygens (including phenoxy) is 4. The molecule has 14 rings (SSSR count). The Bertz CT molecular complexity index is 4660. The van der Waals surface area contributed by atoms with Crippen molar-refractivity contribution in [2.45, 2.75) is 111 Å². The predicted octanol–water partition coefficient (Wildman–Crippen LogP) is -8.56. The van der Waals surface area contributed by atoms with Crippen LogP contribution in [0.25, 0.3) is 44.7 Å². The first-order valence-corrected chi connectivity index (χ1v) is 28.2. The molecule has 10 aromatic heterocycles. The van der Waals surface area contributed by atoms with Gasteiger partial charge in [0.15, 0.2) is 69.6 Å². The SMILES string of the molecule is Nc1nc2c(ncn2[C@@H]2O[C@H](Cc3cn([C@H]4[C@@H](O)[C@H](n5cnc6c(=O)[nH]c(N)nc65)O[C@@H]4CO)nn3)[C@@H](O)[C@H]2O)c(=O)[nH]1.Nc1nc2c(ncn2[C@@H]2O[C@H](Cc3cn([C@H]4[C@@H](O)[C@H](n5cnc6c(=O)[nH]c(N)nc65)O[C@@H]4COP(=O)(O)O)nn3)[C@@H](O)[C@H]2O)c(=O)[nH]1. The molecule has 10 aromatic rings. The zero-order valence-corrected chi connectivity index (χ0v) is 46.3. The van der Waals surface area contributed by atoms with E-state index in [1.807, 2.05) is 0 Å². The molecule has 21 N–H and O–H groups in total. The lowest BCUT2D eigenvalue weighted by molar-refractivity contribution is -0.0492. The van der Waals surface area contributed by atoms with Crippen LogP contribution in [0.15, 0.2) is 56.9 Å². The molecule has 0 aromatic carbocycles. The zero-order chi connectivity index (χ0) is 63.5. The summed E-state index contributed by atoms with van der Waals surface area (Å²) in [4.78, 5) is 109. The lowest BCUT2D eigenvalue weighted by Gasteiger charge is -2.20. The summed E-state index contributed by atoms with van der Waals surface area (Å²) in [7, 11) is -4.97. The normalized spacial score (nSPS) is 28.7. The van der Waals surface area contributed by atoms with Crippen LogP contribution in [-0.2, 0) is 40.9 Å². The van der Waals surface area contributed by atoms with Crippen molar-refractivity contribution in [2.75, 3.05) is 36.1 Å². The molecule has 0 amide bonds. The molecule has 90 heavy (non-hydrogen) atoms. The molecule has 0 spiro atoms. The summed E-state index contributed by atoms with van der Waals surface area (Å²) in [5.41, 5.74) is 20.8. The molecule has 4 aliphatic rings. The number of phosphoric ester groups is 1. The average Bonchev–Trinajstić information content (AvgIpc) is 1.64. The molecule has 0 radical (unpaired) electrons. The van der Waals surface area contributed by atoms with Crippen LogP contribution in [0.2, 0.25) is 0 Å². The maximum Gasteiger partial charge on any atom is 0.469 e. The maximum atomic E-state index is 12.3. The number of H-pyrrole nitrogens is 4. The molecule has 0 saturated carbocycles. The fourth-order valence-corrected chi connectivity index (χ4v) is 11.7. The molecule has 14 heterocycles. The number of rotatable bonds is 14. The third kappa shape index (κ3) is 10.5. The zero-order valence-electron chi connectivity index (χ0n) is 45.4. The Morgan fingerprint density at radius 2 is 0.789 bits per heavy atom. The second kappa shape index (κ2) is 22.5. The van der Waals surface area contributed by atoms with Crippen LogP contribution >= 0.6 is 7.82 Å². The molecular formula is C44H51N26O19P. The van der Waals surface area contributed by atoms with Gasteiger partial charge in [0.05, 0.1) is 62.1 Å². The third-order valence-corrected chi connectivity index (χ3v) is 15.9. The summed E-state index contributed by atoms with van der Waals surface area (Å²) in [5, 5.41) is 92.1. The van der Waals surface area contributed by atoms with E-state index in [1.165, 1.54) is 65.3 Å². The quantitative estimate of drug-likeness (QED) is 0.0450. The Kier molecular flexibility index (Phi) is 14.9. The van der Waals surface area contributed by atoms with Crippen LogP contribution in [0.1, 0.15) is 48.4 Å². The fourth-order valence-electron chi connectivity index (χ4n) is 11.3. The lowest BCUT2D eigenvalue weighted by atomic mass is 10.1. The molecule has 4 aliphatic heterocycles. The van der Waals surface area contributed by atoms with Gasteiger partial charge in [-0.05, 0) is 0 Å². The average molecular weight is 1280 g/mol. The van der Waals surface area contributed by atoms with Gasteiger partial charge in [-0.15, -0.1) is 10.2 Å². The number of imidazole rings is 4. The van der Waals surface area contributed by atoms with Crippen LogP contribution in [0.4, 0.5) is 23.8 Å². The summed E-state index contributed by atoms with van der Waals surface area (Å²) in [6, 6.07) is -2.09. The first kappa shape index (κ1) is 59.5. The van der Waals surface area contributed by atoms with Crippen LogP contribution in [0, 0.1) is 0 Å². The van der Waals surface area contributed by atoms with Crippen LogP contribution in [-0.4, -0.2) is 228 Å². The van der Waals surface area contributed by atoms with Gasteiger partial charge in [0.1, 0.15) is 60.9 Å². The number of aliphatic hydroxyl groups excluding tert-OH is 7. The van der Waals surface area contributed by atoms with Crippen molar-refractivity contribution in [3.63, 3.8) is 0 Å². The van der Waals surface area contributed by atoms with E-state index in [1.54, 1.807) is 0 Å². The fraction of sp³-hybridized carbons (Fsp3) is 0.455. The molecule has 0 bridgehead atoms. The number of hydrogen-bond acceptors (Lipinski definition) is 33. The minimum Gasteiger partial charge on any atom is -0.394 e. The van der Waals surface area contributed by atoms with Crippen molar-refractivity contribution in [2.24, 2.45) is 0 Å². The molecule has 476 valence electrons. The second-order valence-electron chi connectivity index (χ2n) is 21.0. The van der Waals surface area contributed by atoms with E-state index in [4.69, 9.17) is 41.9 Å². The highest BCUT2D eigenvalue weighted by Gasteiger charge is 2.51. The Morgan fingerprint density at radius 1 is 0.478 bits per heavy atom. The molecule has 0 aliphatic carbocycles. The van der Waals surface area contributed by atoms with E-state index >= 15 is 0 Å². The van der Waals surface area contributed by atoms with Gasteiger partial charge in [-0.3, -0.25) is 61.9 Å². The van der Waals surface area contributed by atoms with Crippen molar-refractivity contribution in [3.05, 3.63) is 90.5 Å². The van der Waals surface area contributed by atoms with Gasteiger partial charge < -0.3 is 87.4 Å². The summed E-state index contributed by atoms with van der Waals surface area (Å²) in [5.74, 6) is -0.723. The minimum absolute atomic E-state index is 0.00741. The van der Waals surface area contributed by atoms with Crippen molar-refractivity contribution in [1.82, 2.24) is 108 Å². The highest BCUT2D eigenvalue weighted by Crippen LogP contribution is 2.43. The number of nitrogens with two attached hydrogens (primary N) is 4. The first-order chi connectivity index (χ1) is 42.9. The van der Waals surface area contributed by atoms with Crippen LogP contribution < -0.4 is 45.2 Å². The molecule has 16 atom stereocenters. The lowest BCUT2D eigenvalue weighted by Crippen LogP contribution is -2.32. The van der Waals surface area contributed by atoms with Gasteiger partial charge in [0.25, 0.3) is 22.2 Å². The van der Waals surface area contributed by atoms with Gasteiger partial charge in [-0.25, -0.2) is 33.9 Å². The third-order valence-electron chi connectivity index (χ3n) is 15.4. The van der Waals surface area contributed by atoms with Gasteiger partial charge in [-0.2, -0.15) is 19.9 Å². The highest BCUT2D eigenvalue weighted by atomic mass is 31.2.